The minimum Gasteiger partial charge on any atom is -0.372 e. The van der Waals surface area contributed by atoms with E-state index in [0.717, 1.165) is 31.7 Å². The van der Waals surface area contributed by atoms with Crippen LogP contribution in [0.15, 0.2) is 24.3 Å². The molecule has 1 aromatic rings. The molecule has 0 aliphatic carbocycles. The van der Waals surface area contributed by atoms with Gasteiger partial charge in [-0.1, -0.05) is 29.8 Å². The predicted molar refractivity (Wildman–Crippen MR) is 65.5 cm³/mol. The molecule has 1 aliphatic rings. The summed E-state index contributed by atoms with van der Waals surface area (Å²) in [7, 11) is 0. The number of rotatable bonds is 2. The van der Waals surface area contributed by atoms with Crippen molar-refractivity contribution in [1.29, 1.82) is 0 Å². The molecule has 2 rings (SSSR count). The first-order valence-electron chi connectivity index (χ1n) is 5.55. The van der Waals surface area contributed by atoms with Crippen molar-refractivity contribution in [2.24, 2.45) is 0 Å². The Labute approximate surface area is 101 Å². The van der Waals surface area contributed by atoms with Crippen molar-refractivity contribution in [3.05, 3.63) is 34.9 Å². The van der Waals surface area contributed by atoms with Crippen LogP contribution >= 0.6 is 11.6 Å². The Bertz CT molecular complexity index is 362. The molecule has 0 aromatic heterocycles. The number of hydrogen-bond acceptors (Lipinski definition) is 3. The molecule has 1 heterocycles. The van der Waals surface area contributed by atoms with Crippen LogP contribution in [0.2, 0.25) is 5.02 Å². The van der Waals surface area contributed by atoms with Crippen LogP contribution in [0, 0.1) is 0 Å². The Balaban J connectivity index is 2.26. The summed E-state index contributed by atoms with van der Waals surface area (Å²) >= 11 is 6.13. The minimum absolute atomic E-state index is 0.617. The van der Waals surface area contributed by atoms with Crippen molar-refractivity contribution in [1.82, 2.24) is 10.2 Å². The van der Waals surface area contributed by atoms with Crippen LogP contribution in [-0.4, -0.2) is 36.2 Å². The molecule has 1 fully saturated rings. The average Bonchev–Trinajstić information content (AvgIpc) is 2.30. The van der Waals surface area contributed by atoms with Crippen LogP contribution in [-0.2, 0) is 5.72 Å². The second-order valence-electron chi connectivity index (χ2n) is 4.24. The highest BCUT2D eigenvalue weighted by atomic mass is 35.5. The SMILES string of the molecule is CC(O)(c1ccccc1Cl)N1CCNCC1. The summed E-state index contributed by atoms with van der Waals surface area (Å²) in [6.45, 7) is 5.27. The lowest BCUT2D eigenvalue weighted by Crippen LogP contribution is -2.53. The summed E-state index contributed by atoms with van der Waals surface area (Å²) in [5.41, 5.74) is -0.209. The number of halogens is 1. The molecule has 3 nitrogen and oxygen atoms in total. The van der Waals surface area contributed by atoms with Crippen LogP contribution < -0.4 is 5.32 Å². The summed E-state index contributed by atoms with van der Waals surface area (Å²) < 4.78 is 0. The van der Waals surface area contributed by atoms with Crippen LogP contribution in [0.5, 0.6) is 0 Å². The minimum atomic E-state index is -0.986. The van der Waals surface area contributed by atoms with Crippen molar-refractivity contribution in [3.63, 3.8) is 0 Å². The Kier molecular flexibility index (Phi) is 3.50. The topological polar surface area (TPSA) is 35.5 Å². The van der Waals surface area contributed by atoms with Gasteiger partial charge in [0.25, 0.3) is 0 Å². The van der Waals surface area contributed by atoms with Crippen LogP contribution in [0.4, 0.5) is 0 Å². The van der Waals surface area contributed by atoms with Crippen LogP contribution in [0.3, 0.4) is 0 Å². The van der Waals surface area contributed by atoms with Gasteiger partial charge in [0, 0.05) is 36.8 Å². The molecule has 1 saturated heterocycles. The largest absolute Gasteiger partial charge is 0.372 e. The van der Waals surface area contributed by atoms with Crippen LogP contribution in [0.25, 0.3) is 0 Å². The van der Waals surface area contributed by atoms with Gasteiger partial charge in [-0.15, -0.1) is 0 Å². The third-order valence-electron chi connectivity index (χ3n) is 3.12. The van der Waals surface area contributed by atoms with Gasteiger partial charge in [-0.3, -0.25) is 4.90 Å². The summed E-state index contributed by atoms with van der Waals surface area (Å²) in [5.74, 6) is 0. The van der Waals surface area contributed by atoms with Crippen molar-refractivity contribution in [2.75, 3.05) is 26.2 Å². The first-order chi connectivity index (χ1) is 7.62. The highest BCUT2D eigenvalue weighted by Crippen LogP contribution is 2.30. The molecule has 88 valence electrons. The highest BCUT2D eigenvalue weighted by molar-refractivity contribution is 6.31. The molecule has 2 N–H and O–H groups in total. The number of nitrogens with one attached hydrogen (secondary N) is 1. The van der Waals surface area contributed by atoms with Gasteiger partial charge in [-0.05, 0) is 13.0 Å². The molecule has 1 atom stereocenters. The van der Waals surface area contributed by atoms with E-state index < -0.39 is 5.72 Å². The van der Waals surface area contributed by atoms with E-state index in [-0.39, 0.29) is 0 Å². The standard InChI is InChI=1S/C12H17ClN2O/c1-12(16,15-8-6-14-7-9-15)10-4-2-3-5-11(10)13/h2-5,14,16H,6-9H2,1H3. The molecule has 0 amide bonds. The maximum absolute atomic E-state index is 10.6. The molecular formula is C12H17ClN2O. The Hall–Kier alpha value is -0.610. The predicted octanol–water partition coefficient (Wildman–Crippen LogP) is 1.41. The molecule has 1 unspecified atom stereocenters. The first kappa shape index (κ1) is 11.9. The third-order valence-corrected chi connectivity index (χ3v) is 3.45. The summed E-state index contributed by atoms with van der Waals surface area (Å²) in [6, 6.07) is 7.47. The lowest BCUT2D eigenvalue weighted by molar-refractivity contribution is -0.105. The van der Waals surface area contributed by atoms with Gasteiger partial charge in [0.15, 0.2) is 0 Å². The lowest BCUT2D eigenvalue weighted by atomic mass is 10.0. The normalized spacial score (nSPS) is 21.7. The molecule has 1 aromatic carbocycles. The van der Waals surface area contributed by atoms with Crippen molar-refractivity contribution in [3.8, 4) is 0 Å². The molecule has 16 heavy (non-hydrogen) atoms. The van der Waals surface area contributed by atoms with E-state index in [1.165, 1.54) is 0 Å². The zero-order valence-corrected chi connectivity index (χ0v) is 10.2. The molecular weight excluding hydrogens is 224 g/mol. The van der Waals surface area contributed by atoms with E-state index in [1.807, 2.05) is 29.2 Å². The summed E-state index contributed by atoms with van der Waals surface area (Å²) in [5, 5.41) is 14.5. The summed E-state index contributed by atoms with van der Waals surface area (Å²) in [6.07, 6.45) is 0. The maximum atomic E-state index is 10.6. The van der Waals surface area contributed by atoms with Crippen LogP contribution in [0.1, 0.15) is 12.5 Å². The zero-order valence-electron chi connectivity index (χ0n) is 9.41. The molecule has 0 radical (unpaired) electrons. The second kappa shape index (κ2) is 4.72. The lowest BCUT2D eigenvalue weighted by Gasteiger charge is -2.40. The zero-order chi connectivity index (χ0) is 11.6. The molecule has 4 heteroatoms. The number of aliphatic hydroxyl groups is 1. The van der Waals surface area contributed by atoms with E-state index in [4.69, 9.17) is 11.6 Å². The number of hydrogen-bond donors (Lipinski definition) is 2. The van der Waals surface area contributed by atoms with Crippen molar-refractivity contribution < 1.29 is 5.11 Å². The van der Waals surface area contributed by atoms with Gasteiger partial charge in [0.1, 0.15) is 5.72 Å². The smallest absolute Gasteiger partial charge is 0.143 e. The molecule has 1 aliphatic heterocycles. The number of nitrogens with zero attached hydrogens (tertiary/aromatic N) is 1. The van der Waals surface area contributed by atoms with Gasteiger partial charge in [-0.25, -0.2) is 0 Å². The van der Waals surface area contributed by atoms with E-state index in [1.54, 1.807) is 6.92 Å². The van der Waals surface area contributed by atoms with Crippen molar-refractivity contribution >= 4 is 11.6 Å². The van der Waals surface area contributed by atoms with Gasteiger partial charge in [0.05, 0.1) is 0 Å². The van der Waals surface area contributed by atoms with E-state index in [9.17, 15) is 5.11 Å². The average molecular weight is 241 g/mol. The number of piperazine rings is 1. The Morgan fingerprint density at radius 2 is 1.94 bits per heavy atom. The molecule has 0 spiro atoms. The fourth-order valence-corrected chi connectivity index (χ4v) is 2.43. The van der Waals surface area contributed by atoms with Gasteiger partial charge in [0.2, 0.25) is 0 Å². The molecule has 0 bridgehead atoms. The fourth-order valence-electron chi connectivity index (χ4n) is 2.12. The fraction of sp³-hybridized carbons (Fsp3) is 0.500. The Morgan fingerprint density at radius 3 is 2.56 bits per heavy atom. The monoisotopic (exact) mass is 240 g/mol. The van der Waals surface area contributed by atoms with E-state index in [2.05, 4.69) is 5.32 Å². The van der Waals surface area contributed by atoms with E-state index >= 15 is 0 Å². The maximum Gasteiger partial charge on any atom is 0.143 e. The van der Waals surface area contributed by atoms with Gasteiger partial charge >= 0.3 is 0 Å². The van der Waals surface area contributed by atoms with Gasteiger partial charge in [-0.2, -0.15) is 0 Å². The third kappa shape index (κ3) is 2.23. The second-order valence-corrected chi connectivity index (χ2v) is 4.64. The van der Waals surface area contributed by atoms with Gasteiger partial charge < -0.3 is 10.4 Å². The van der Waals surface area contributed by atoms with Crippen molar-refractivity contribution in [2.45, 2.75) is 12.6 Å². The number of benzene rings is 1. The first-order valence-corrected chi connectivity index (χ1v) is 5.93. The van der Waals surface area contributed by atoms with E-state index in [0.29, 0.717) is 5.02 Å². The quantitative estimate of drug-likeness (QED) is 0.821. The Morgan fingerprint density at radius 1 is 1.31 bits per heavy atom. The highest BCUT2D eigenvalue weighted by Gasteiger charge is 2.33. The summed E-state index contributed by atoms with van der Waals surface area (Å²) in [4.78, 5) is 2.05. The molecule has 0 saturated carbocycles.